The molecule has 0 heterocycles. The quantitative estimate of drug-likeness (QED) is 0.846. The number of benzene rings is 1. The zero-order valence-corrected chi connectivity index (χ0v) is 11.0. The SMILES string of the molecule is CC.CC(=O)[C@H](C)NCc1ccccc1C. The number of ketones is 1. The van der Waals surface area contributed by atoms with Crippen LogP contribution in [0.2, 0.25) is 0 Å². The highest BCUT2D eigenvalue weighted by atomic mass is 16.1. The van der Waals surface area contributed by atoms with Crippen molar-refractivity contribution in [1.29, 1.82) is 0 Å². The highest BCUT2D eigenvalue weighted by molar-refractivity contribution is 5.80. The highest BCUT2D eigenvalue weighted by Gasteiger charge is 2.06. The van der Waals surface area contributed by atoms with Crippen molar-refractivity contribution in [2.24, 2.45) is 0 Å². The molecule has 2 heteroatoms. The van der Waals surface area contributed by atoms with Gasteiger partial charge in [-0.05, 0) is 31.9 Å². The van der Waals surface area contributed by atoms with E-state index >= 15 is 0 Å². The van der Waals surface area contributed by atoms with Gasteiger partial charge in [-0.3, -0.25) is 4.79 Å². The maximum absolute atomic E-state index is 11.0. The van der Waals surface area contributed by atoms with Crippen molar-refractivity contribution in [3.05, 3.63) is 35.4 Å². The Bertz CT molecular complexity index is 320. The van der Waals surface area contributed by atoms with Gasteiger partial charge in [0.2, 0.25) is 0 Å². The monoisotopic (exact) mass is 221 g/mol. The van der Waals surface area contributed by atoms with Crippen LogP contribution in [0.15, 0.2) is 24.3 Å². The van der Waals surface area contributed by atoms with Crippen molar-refractivity contribution >= 4 is 5.78 Å². The van der Waals surface area contributed by atoms with Crippen molar-refractivity contribution < 1.29 is 4.79 Å². The Hall–Kier alpha value is -1.15. The van der Waals surface area contributed by atoms with E-state index in [1.54, 1.807) is 6.92 Å². The maximum atomic E-state index is 11.0. The summed E-state index contributed by atoms with van der Waals surface area (Å²) in [6.07, 6.45) is 0. The second kappa shape index (κ2) is 8.05. The fourth-order valence-corrected chi connectivity index (χ4v) is 1.22. The van der Waals surface area contributed by atoms with Crippen LogP contribution in [-0.2, 0) is 11.3 Å². The molecule has 0 aliphatic heterocycles. The molecule has 0 aliphatic carbocycles. The standard InChI is InChI=1S/C12H17NO.C2H6/c1-9-6-4-5-7-12(9)8-13-10(2)11(3)14;1-2/h4-7,10,13H,8H2,1-3H3;1-2H3/t10-;/m0./s1. The Kier molecular flexibility index (Phi) is 7.48. The molecule has 1 aromatic rings. The predicted octanol–water partition coefficient (Wildman–Crippen LogP) is 3.09. The van der Waals surface area contributed by atoms with Crippen LogP contribution in [0.25, 0.3) is 0 Å². The van der Waals surface area contributed by atoms with Crippen LogP contribution in [0.3, 0.4) is 0 Å². The van der Waals surface area contributed by atoms with E-state index in [0.717, 1.165) is 6.54 Å². The fraction of sp³-hybridized carbons (Fsp3) is 0.500. The summed E-state index contributed by atoms with van der Waals surface area (Å²) < 4.78 is 0. The van der Waals surface area contributed by atoms with Crippen molar-refractivity contribution in [2.45, 2.75) is 47.2 Å². The van der Waals surface area contributed by atoms with Gasteiger partial charge in [-0.1, -0.05) is 38.1 Å². The van der Waals surface area contributed by atoms with Crippen LogP contribution in [0, 0.1) is 6.92 Å². The summed E-state index contributed by atoms with van der Waals surface area (Å²) in [6, 6.07) is 8.13. The zero-order valence-electron chi connectivity index (χ0n) is 11.0. The molecule has 0 unspecified atom stereocenters. The van der Waals surface area contributed by atoms with Gasteiger partial charge in [0.25, 0.3) is 0 Å². The summed E-state index contributed by atoms with van der Waals surface area (Å²) in [5.41, 5.74) is 2.51. The second-order valence-electron chi connectivity index (χ2n) is 3.64. The van der Waals surface area contributed by atoms with Crippen molar-refractivity contribution in [1.82, 2.24) is 5.32 Å². The molecule has 0 spiro atoms. The Morgan fingerprint density at radius 1 is 1.31 bits per heavy atom. The lowest BCUT2D eigenvalue weighted by Crippen LogP contribution is -2.31. The van der Waals surface area contributed by atoms with Crippen LogP contribution in [-0.4, -0.2) is 11.8 Å². The molecule has 90 valence electrons. The largest absolute Gasteiger partial charge is 0.304 e. The van der Waals surface area contributed by atoms with E-state index in [1.807, 2.05) is 32.9 Å². The molecule has 0 saturated carbocycles. The molecule has 0 saturated heterocycles. The number of hydrogen-bond donors (Lipinski definition) is 1. The number of hydrogen-bond acceptors (Lipinski definition) is 2. The van der Waals surface area contributed by atoms with E-state index in [-0.39, 0.29) is 11.8 Å². The van der Waals surface area contributed by atoms with E-state index < -0.39 is 0 Å². The number of carbonyl (C=O) groups excluding carboxylic acids is 1. The number of aryl methyl sites for hydroxylation is 1. The maximum Gasteiger partial charge on any atom is 0.146 e. The summed E-state index contributed by atoms with van der Waals surface area (Å²) in [5, 5.41) is 3.19. The van der Waals surface area contributed by atoms with E-state index in [1.165, 1.54) is 11.1 Å². The summed E-state index contributed by atoms with van der Waals surface area (Å²) in [7, 11) is 0. The third-order valence-corrected chi connectivity index (χ3v) is 2.47. The van der Waals surface area contributed by atoms with Crippen LogP contribution >= 0.6 is 0 Å². The Balaban J connectivity index is 0.00000106. The molecule has 0 amide bonds. The topological polar surface area (TPSA) is 29.1 Å². The molecule has 0 fully saturated rings. The minimum atomic E-state index is -0.0605. The van der Waals surface area contributed by atoms with Gasteiger partial charge in [0.15, 0.2) is 0 Å². The summed E-state index contributed by atoms with van der Waals surface area (Å²) in [4.78, 5) is 11.0. The molecular weight excluding hydrogens is 198 g/mol. The van der Waals surface area contributed by atoms with Gasteiger partial charge in [0, 0.05) is 6.54 Å². The number of rotatable bonds is 4. The van der Waals surface area contributed by atoms with E-state index in [4.69, 9.17) is 0 Å². The van der Waals surface area contributed by atoms with Crippen molar-refractivity contribution in [2.75, 3.05) is 0 Å². The third-order valence-electron chi connectivity index (χ3n) is 2.47. The minimum absolute atomic E-state index is 0.0605. The van der Waals surface area contributed by atoms with Gasteiger partial charge in [-0.2, -0.15) is 0 Å². The molecule has 1 aromatic carbocycles. The normalized spacial score (nSPS) is 11.3. The molecule has 1 N–H and O–H groups in total. The molecule has 0 radical (unpaired) electrons. The Labute approximate surface area is 99.1 Å². The number of Topliss-reactive ketones (excluding diaryl/α,β-unsaturated/α-hetero) is 1. The van der Waals surface area contributed by atoms with Gasteiger partial charge in [0.1, 0.15) is 5.78 Å². The predicted molar refractivity (Wildman–Crippen MR) is 69.5 cm³/mol. The summed E-state index contributed by atoms with van der Waals surface area (Å²) in [5.74, 6) is 0.179. The van der Waals surface area contributed by atoms with Crippen LogP contribution in [0.4, 0.5) is 0 Å². The van der Waals surface area contributed by atoms with Gasteiger partial charge in [0.05, 0.1) is 6.04 Å². The van der Waals surface area contributed by atoms with E-state index in [2.05, 4.69) is 24.4 Å². The van der Waals surface area contributed by atoms with Crippen molar-refractivity contribution in [3.63, 3.8) is 0 Å². The first-order chi connectivity index (χ1) is 7.61. The molecule has 16 heavy (non-hydrogen) atoms. The fourth-order valence-electron chi connectivity index (χ4n) is 1.22. The molecule has 0 bridgehead atoms. The molecule has 0 aromatic heterocycles. The van der Waals surface area contributed by atoms with E-state index in [0.29, 0.717) is 0 Å². The number of nitrogens with one attached hydrogen (secondary N) is 1. The lowest BCUT2D eigenvalue weighted by molar-refractivity contribution is -0.118. The summed E-state index contributed by atoms with van der Waals surface area (Å²) in [6.45, 7) is 10.3. The molecule has 0 aliphatic rings. The Morgan fingerprint density at radius 2 is 1.88 bits per heavy atom. The molecule has 1 atom stereocenters. The first kappa shape index (κ1) is 14.8. The third kappa shape index (κ3) is 5.08. The van der Waals surface area contributed by atoms with Gasteiger partial charge >= 0.3 is 0 Å². The minimum Gasteiger partial charge on any atom is -0.304 e. The van der Waals surface area contributed by atoms with Crippen LogP contribution in [0.5, 0.6) is 0 Å². The zero-order chi connectivity index (χ0) is 12.6. The second-order valence-corrected chi connectivity index (χ2v) is 3.64. The molecular formula is C14H23NO. The van der Waals surface area contributed by atoms with Gasteiger partial charge in [-0.15, -0.1) is 0 Å². The summed E-state index contributed by atoms with van der Waals surface area (Å²) >= 11 is 0. The lowest BCUT2D eigenvalue weighted by atomic mass is 10.1. The van der Waals surface area contributed by atoms with Crippen molar-refractivity contribution in [3.8, 4) is 0 Å². The van der Waals surface area contributed by atoms with E-state index in [9.17, 15) is 4.79 Å². The Morgan fingerprint density at radius 3 is 2.38 bits per heavy atom. The first-order valence-electron chi connectivity index (χ1n) is 5.89. The van der Waals surface area contributed by atoms with Gasteiger partial charge in [-0.25, -0.2) is 0 Å². The number of carbonyl (C=O) groups is 1. The lowest BCUT2D eigenvalue weighted by Gasteiger charge is -2.11. The van der Waals surface area contributed by atoms with Crippen LogP contribution in [0.1, 0.15) is 38.8 Å². The highest BCUT2D eigenvalue weighted by Crippen LogP contribution is 2.06. The average Bonchev–Trinajstić information content (AvgIpc) is 2.30. The van der Waals surface area contributed by atoms with Crippen LogP contribution < -0.4 is 5.32 Å². The molecule has 2 nitrogen and oxygen atoms in total. The average molecular weight is 221 g/mol. The smallest absolute Gasteiger partial charge is 0.146 e. The molecule has 1 rings (SSSR count). The first-order valence-corrected chi connectivity index (χ1v) is 5.89. The van der Waals surface area contributed by atoms with Gasteiger partial charge < -0.3 is 5.32 Å².